The standard InChI is InChI=1S/C23H36N2O3/c1-16(2)9-19-5-7-20(8-6-19)23(27)25-13-21(22(14-25)15-26)12-24-10-17(3)28-18(4)11-24/h5-8,16-18,21-22,26H,9-15H2,1-4H3/t17-,18+,21-,22-/m1/s1. The van der Waals surface area contributed by atoms with E-state index in [-0.39, 0.29) is 30.6 Å². The zero-order valence-corrected chi connectivity index (χ0v) is 17.8. The highest BCUT2D eigenvalue weighted by atomic mass is 16.5. The number of amides is 1. The molecule has 2 heterocycles. The molecule has 0 bridgehead atoms. The van der Waals surface area contributed by atoms with E-state index in [1.807, 2.05) is 17.0 Å². The fourth-order valence-corrected chi connectivity index (χ4v) is 4.72. The Morgan fingerprint density at radius 3 is 2.25 bits per heavy atom. The molecule has 5 heteroatoms. The second kappa shape index (κ2) is 9.38. The average Bonchev–Trinajstić information content (AvgIpc) is 3.03. The summed E-state index contributed by atoms with van der Waals surface area (Å²) in [6, 6.07) is 8.04. The fraction of sp³-hybridized carbons (Fsp3) is 0.696. The van der Waals surface area contributed by atoms with E-state index in [1.54, 1.807) is 0 Å². The van der Waals surface area contributed by atoms with Crippen molar-refractivity contribution in [3.05, 3.63) is 35.4 Å². The number of carbonyl (C=O) groups is 1. The van der Waals surface area contributed by atoms with Gasteiger partial charge >= 0.3 is 0 Å². The fourth-order valence-electron chi connectivity index (χ4n) is 4.72. The van der Waals surface area contributed by atoms with Crippen molar-refractivity contribution in [3.63, 3.8) is 0 Å². The van der Waals surface area contributed by atoms with E-state index < -0.39 is 0 Å². The summed E-state index contributed by atoms with van der Waals surface area (Å²) >= 11 is 0. The molecule has 0 saturated carbocycles. The maximum absolute atomic E-state index is 13.0. The molecule has 4 atom stereocenters. The third-order valence-corrected chi connectivity index (χ3v) is 5.93. The van der Waals surface area contributed by atoms with Crippen molar-refractivity contribution in [1.29, 1.82) is 0 Å². The average molecular weight is 389 g/mol. The van der Waals surface area contributed by atoms with E-state index in [2.05, 4.69) is 44.7 Å². The van der Waals surface area contributed by atoms with Gasteiger partial charge in [-0.2, -0.15) is 0 Å². The second-order valence-electron chi connectivity index (χ2n) is 9.18. The first kappa shape index (κ1) is 21.3. The smallest absolute Gasteiger partial charge is 0.253 e. The van der Waals surface area contributed by atoms with Crippen molar-refractivity contribution in [3.8, 4) is 0 Å². The van der Waals surface area contributed by atoms with Crippen LogP contribution in [0.25, 0.3) is 0 Å². The van der Waals surface area contributed by atoms with Crippen molar-refractivity contribution >= 4 is 5.91 Å². The number of carbonyl (C=O) groups excluding carboxylic acids is 1. The van der Waals surface area contributed by atoms with Crippen molar-refractivity contribution in [1.82, 2.24) is 9.80 Å². The molecule has 0 radical (unpaired) electrons. The summed E-state index contributed by atoms with van der Waals surface area (Å²) in [4.78, 5) is 17.4. The number of ether oxygens (including phenoxy) is 1. The minimum atomic E-state index is 0.0840. The van der Waals surface area contributed by atoms with E-state index in [4.69, 9.17) is 4.74 Å². The third kappa shape index (κ3) is 5.34. The van der Waals surface area contributed by atoms with Crippen molar-refractivity contribution in [2.75, 3.05) is 39.3 Å². The molecule has 3 rings (SSSR count). The topological polar surface area (TPSA) is 53.0 Å². The highest BCUT2D eigenvalue weighted by Gasteiger charge is 2.37. The van der Waals surface area contributed by atoms with Gasteiger partial charge in [-0.25, -0.2) is 0 Å². The molecule has 0 spiro atoms. The Hall–Kier alpha value is -1.43. The first-order valence-corrected chi connectivity index (χ1v) is 10.7. The lowest BCUT2D eigenvalue weighted by molar-refractivity contribution is -0.0726. The van der Waals surface area contributed by atoms with E-state index in [0.29, 0.717) is 18.4 Å². The van der Waals surface area contributed by atoms with Crippen molar-refractivity contribution in [2.45, 2.75) is 46.3 Å². The zero-order valence-electron chi connectivity index (χ0n) is 17.8. The first-order chi connectivity index (χ1) is 13.4. The Bertz CT molecular complexity index is 636. The van der Waals surface area contributed by atoms with Crippen LogP contribution in [0.3, 0.4) is 0 Å². The van der Waals surface area contributed by atoms with Gasteiger partial charge in [-0.15, -0.1) is 0 Å². The lowest BCUT2D eigenvalue weighted by Gasteiger charge is -2.37. The van der Waals surface area contributed by atoms with E-state index in [9.17, 15) is 9.90 Å². The summed E-state index contributed by atoms with van der Waals surface area (Å²) in [5.74, 6) is 1.15. The molecule has 2 fully saturated rings. The molecule has 2 aliphatic heterocycles. The van der Waals surface area contributed by atoms with Crippen LogP contribution < -0.4 is 0 Å². The Morgan fingerprint density at radius 2 is 1.68 bits per heavy atom. The lowest BCUT2D eigenvalue weighted by Crippen LogP contribution is -2.48. The summed E-state index contributed by atoms with van der Waals surface area (Å²) in [7, 11) is 0. The SMILES string of the molecule is CC(C)Cc1ccc(C(=O)N2C[C@@H](CN3C[C@@H](C)O[C@@H](C)C3)[C@@H](CO)C2)cc1. The Morgan fingerprint density at radius 1 is 1.07 bits per heavy atom. The molecular weight excluding hydrogens is 352 g/mol. The Kier molecular flexibility index (Phi) is 7.13. The number of aliphatic hydroxyl groups excluding tert-OH is 1. The lowest BCUT2D eigenvalue weighted by atomic mass is 9.96. The Labute approximate surface area is 169 Å². The molecule has 1 amide bonds. The third-order valence-electron chi connectivity index (χ3n) is 5.93. The molecule has 2 saturated heterocycles. The summed E-state index contributed by atoms with van der Waals surface area (Å²) in [5, 5.41) is 9.88. The van der Waals surface area contributed by atoms with Crippen LogP contribution in [-0.4, -0.2) is 72.4 Å². The predicted octanol–water partition coefficient (Wildman–Crippen LogP) is 2.67. The summed E-state index contributed by atoms with van der Waals surface area (Å²) in [6.07, 6.45) is 1.50. The normalized spacial score (nSPS) is 28.9. The van der Waals surface area contributed by atoms with Crippen LogP contribution >= 0.6 is 0 Å². The summed E-state index contributed by atoms with van der Waals surface area (Å²) in [6.45, 7) is 12.9. The van der Waals surface area contributed by atoms with Crippen LogP contribution in [0.2, 0.25) is 0 Å². The summed E-state index contributed by atoms with van der Waals surface area (Å²) < 4.78 is 5.83. The van der Waals surface area contributed by atoms with Crippen molar-refractivity contribution in [2.24, 2.45) is 17.8 Å². The van der Waals surface area contributed by atoms with E-state index >= 15 is 0 Å². The van der Waals surface area contributed by atoms with Gasteiger partial charge < -0.3 is 14.7 Å². The molecule has 28 heavy (non-hydrogen) atoms. The van der Waals surface area contributed by atoms with Crippen LogP contribution in [0.4, 0.5) is 0 Å². The minimum Gasteiger partial charge on any atom is -0.396 e. The number of rotatable bonds is 6. The molecule has 1 aromatic rings. The zero-order chi connectivity index (χ0) is 20.3. The van der Waals surface area contributed by atoms with Crippen LogP contribution in [0, 0.1) is 17.8 Å². The number of morpholine rings is 1. The number of aliphatic hydroxyl groups is 1. The van der Waals surface area contributed by atoms with Gasteiger partial charge in [0.05, 0.1) is 12.2 Å². The van der Waals surface area contributed by atoms with Gasteiger partial charge in [0.2, 0.25) is 0 Å². The van der Waals surface area contributed by atoms with Gasteiger partial charge in [0.1, 0.15) is 0 Å². The number of hydrogen-bond acceptors (Lipinski definition) is 4. The molecule has 0 unspecified atom stereocenters. The molecule has 156 valence electrons. The molecule has 1 aromatic carbocycles. The predicted molar refractivity (Wildman–Crippen MR) is 111 cm³/mol. The molecular formula is C23H36N2O3. The number of likely N-dealkylation sites (tertiary alicyclic amines) is 1. The van der Waals surface area contributed by atoms with Crippen LogP contribution in [0.5, 0.6) is 0 Å². The molecule has 0 aliphatic carbocycles. The van der Waals surface area contributed by atoms with Gasteiger partial charge in [-0.3, -0.25) is 9.69 Å². The van der Waals surface area contributed by atoms with Gasteiger partial charge in [0.15, 0.2) is 0 Å². The van der Waals surface area contributed by atoms with E-state index in [0.717, 1.165) is 38.2 Å². The monoisotopic (exact) mass is 388 g/mol. The van der Waals surface area contributed by atoms with Gasteiger partial charge in [0.25, 0.3) is 5.91 Å². The van der Waals surface area contributed by atoms with Gasteiger partial charge in [-0.05, 0) is 49.8 Å². The number of benzene rings is 1. The number of nitrogens with zero attached hydrogens (tertiary/aromatic N) is 2. The Balaban J connectivity index is 1.61. The maximum Gasteiger partial charge on any atom is 0.253 e. The van der Waals surface area contributed by atoms with Crippen LogP contribution in [-0.2, 0) is 11.2 Å². The molecule has 5 nitrogen and oxygen atoms in total. The second-order valence-corrected chi connectivity index (χ2v) is 9.18. The van der Waals surface area contributed by atoms with E-state index in [1.165, 1.54) is 5.56 Å². The maximum atomic E-state index is 13.0. The van der Waals surface area contributed by atoms with Gasteiger partial charge in [-0.1, -0.05) is 26.0 Å². The molecule has 0 aromatic heterocycles. The molecule has 2 aliphatic rings. The summed E-state index contributed by atoms with van der Waals surface area (Å²) in [5.41, 5.74) is 2.02. The quantitative estimate of drug-likeness (QED) is 0.814. The highest BCUT2D eigenvalue weighted by molar-refractivity contribution is 5.94. The first-order valence-electron chi connectivity index (χ1n) is 10.7. The largest absolute Gasteiger partial charge is 0.396 e. The number of hydrogen-bond donors (Lipinski definition) is 1. The molecule has 1 N–H and O–H groups in total. The highest BCUT2D eigenvalue weighted by Crippen LogP contribution is 2.27. The van der Waals surface area contributed by atoms with Gasteiger partial charge in [0, 0.05) is 50.8 Å². The van der Waals surface area contributed by atoms with Crippen LogP contribution in [0.1, 0.15) is 43.6 Å². The minimum absolute atomic E-state index is 0.0840. The van der Waals surface area contributed by atoms with Crippen LogP contribution in [0.15, 0.2) is 24.3 Å². The van der Waals surface area contributed by atoms with Crippen molar-refractivity contribution < 1.29 is 14.6 Å².